The van der Waals surface area contributed by atoms with Gasteiger partial charge in [0.05, 0.1) is 18.7 Å². The van der Waals surface area contributed by atoms with E-state index < -0.39 is 5.97 Å². The number of benzene rings is 2. The lowest BCUT2D eigenvalue weighted by Crippen LogP contribution is -2.07. The zero-order valence-electron chi connectivity index (χ0n) is 19.5. The number of aryl methyl sites for hydroxylation is 2. The van der Waals surface area contributed by atoms with Crippen molar-refractivity contribution in [1.29, 1.82) is 0 Å². The minimum Gasteiger partial charge on any atom is -0.493 e. The smallest absolute Gasteiger partial charge is 0.303 e. The zero-order valence-corrected chi connectivity index (χ0v) is 19.5. The third-order valence-electron chi connectivity index (χ3n) is 6.81. The Bertz CT molecular complexity index is 1300. The molecule has 0 fully saturated rings. The minimum atomic E-state index is -0.736. The number of nitrogens with zero attached hydrogens (tertiary/aromatic N) is 2. The number of carboxylic acids is 1. The summed E-state index contributed by atoms with van der Waals surface area (Å²) in [6.07, 6.45) is 4.70. The van der Waals surface area contributed by atoms with Gasteiger partial charge in [0.25, 0.3) is 0 Å². The maximum Gasteiger partial charge on any atom is 0.303 e. The molecule has 0 radical (unpaired) electrons. The van der Waals surface area contributed by atoms with E-state index in [4.69, 9.17) is 14.8 Å². The molecule has 2 heterocycles. The van der Waals surface area contributed by atoms with Crippen LogP contribution in [0, 0.1) is 6.92 Å². The molecule has 0 bridgehead atoms. The van der Waals surface area contributed by atoms with Crippen molar-refractivity contribution in [3.63, 3.8) is 0 Å². The highest BCUT2D eigenvalue weighted by Gasteiger charge is 2.25. The number of aromatic amines is 1. The van der Waals surface area contributed by atoms with Crippen molar-refractivity contribution < 1.29 is 14.6 Å². The number of rotatable bonds is 8. The number of hydrogen-bond acceptors (Lipinski definition) is 3. The third-order valence-corrected chi connectivity index (χ3v) is 6.81. The van der Waals surface area contributed by atoms with Crippen molar-refractivity contribution >= 4 is 5.97 Å². The molecule has 2 aromatic heterocycles. The molecule has 0 aliphatic heterocycles. The van der Waals surface area contributed by atoms with E-state index in [1.165, 1.54) is 5.56 Å². The van der Waals surface area contributed by atoms with Crippen LogP contribution >= 0.6 is 0 Å². The highest BCUT2D eigenvalue weighted by Crippen LogP contribution is 2.37. The molecule has 2 aromatic carbocycles. The summed E-state index contributed by atoms with van der Waals surface area (Å²) in [5, 5.41) is 9.12. The van der Waals surface area contributed by atoms with Crippen LogP contribution in [0.25, 0.3) is 22.6 Å². The quantitative estimate of drug-likeness (QED) is 0.367. The second kappa shape index (κ2) is 9.21. The van der Waals surface area contributed by atoms with Gasteiger partial charge in [-0.2, -0.15) is 0 Å². The molecule has 6 nitrogen and oxygen atoms in total. The number of H-pyrrole nitrogens is 1. The molecule has 1 aliphatic rings. The number of nitrogens with one attached hydrogen (secondary N) is 1. The molecular weight excluding hydrogens is 426 g/mol. The Hall–Kier alpha value is -3.80. The van der Waals surface area contributed by atoms with E-state index >= 15 is 0 Å². The molecule has 4 aromatic rings. The van der Waals surface area contributed by atoms with E-state index in [0.717, 1.165) is 64.6 Å². The molecule has 1 atom stereocenters. The van der Waals surface area contributed by atoms with E-state index in [1.54, 1.807) is 0 Å². The lowest BCUT2D eigenvalue weighted by Gasteiger charge is -2.12. The van der Waals surface area contributed by atoms with Gasteiger partial charge in [-0.1, -0.05) is 30.3 Å². The van der Waals surface area contributed by atoms with E-state index in [2.05, 4.69) is 53.0 Å². The number of carboxylic acid groups (broad SMARTS) is 1. The number of ether oxygens (including phenoxy) is 1. The summed E-state index contributed by atoms with van der Waals surface area (Å²) in [5.74, 6) is 1.18. The first kappa shape index (κ1) is 22.0. The first-order valence-corrected chi connectivity index (χ1v) is 11.7. The summed E-state index contributed by atoms with van der Waals surface area (Å²) in [7, 11) is 2.06. The first-order valence-electron chi connectivity index (χ1n) is 11.7. The summed E-state index contributed by atoms with van der Waals surface area (Å²) < 4.78 is 8.23. The molecule has 34 heavy (non-hydrogen) atoms. The number of aromatic nitrogens is 3. The molecule has 0 amide bonds. The van der Waals surface area contributed by atoms with Gasteiger partial charge in [-0.3, -0.25) is 4.79 Å². The second-order valence-corrected chi connectivity index (χ2v) is 8.98. The zero-order chi connectivity index (χ0) is 23.7. The fraction of sp³-hybridized carbons (Fsp3) is 0.286. The number of carbonyl (C=O) groups is 1. The normalized spacial score (nSPS) is 14.8. The molecule has 174 valence electrons. The van der Waals surface area contributed by atoms with E-state index in [0.29, 0.717) is 6.61 Å². The largest absolute Gasteiger partial charge is 0.493 e. The van der Waals surface area contributed by atoms with Gasteiger partial charge in [-0.25, -0.2) is 4.98 Å². The van der Waals surface area contributed by atoms with Crippen molar-refractivity contribution in [2.24, 2.45) is 7.05 Å². The fourth-order valence-electron chi connectivity index (χ4n) is 5.04. The monoisotopic (exact) mass is 455 g/mol. The summed E-state index contributed by atoms with van der Waals surface area (Å²) in [5.41, 5.74) is 7.88. The van der Waals surface area contributed by atoms with Gasteiger partial charge in [0, 0.05) is 36.6 Å². The number of aliphatic carboxylic acids is 1. The van der Waals surface area contributed by atoms with Crippen LogP contribution in [0.3, 0.4) is 0 Å². The van der Waals surface area contributed by atoms with Crippen molar-refractivity contribution in [2.45, 2.75) is 38.5 Å². The van der Waals surface area contributed by atoms with Crippen LogP contribution in [-0.2, 0) is 24.7 Å². The Kier molecular flexibility index (Phi) is 5.97. The van der Waals surface area contributed by atoms with Crippen molar-refractivity contribution in [1.82, 2.24) is 14.5 Å². The van der Waals surface area contributed by atoms with Crippen LogP contribution in [0.2, 0.25) is 0 Å². The highest BCUT2D eigenvalue weighted by molar-refractivity contribution is 5.68. The average Bonchev–Trinajstić information content (AvgIpc) is 3.55. The maximum absolute atomic E-state index is 11.1. The van der Waals surface area contributed by atoms with Gasteiger partial charge >= 0.3 is 5.97 Å². The van der Waals surface area contributed by atoms with E-state index in [1.807, 2.05) is 31.3 Å². The number of hydrogen-bond donors (Lipinski definition) is 2. The second-order valence-electron chi connectivity index (χ2n) is 8.98. The van der Waals surface area contributed by atoms with Crippen molar-refractivity contribution in [2.75, 3.05) is 6.61 Å². The number of fused-ring (bicyclic) bond motifs is 1. The Balaban J connectivity index is 1.24. The molecule has 6 heteroatoms. The van der Waals surface area contributed by atoms with Gasteiger partial charge in [-0.15, -0.1) is 0 Å². The molecular formula is C28H29N3O3. The Morgan fingerprint density at radius 1 is 1.18 bits per heavy atom. The molecule has 5 rings (SSSR count). The van der Waals surface area contributed by atoms with Gasteiger partial charge < -0.3 is 19.4 Å². The molecule has 2 N–H and O–H groups in total. The summed E-state index contributed by atoms with van der Waals surface area (Å²) >= 11 is 0. The van der Waals surface area contributed by atoms with Crippen LogP contribution in [0.15, 0.2) is 60.8 Å². The SMILES string of the molecule is Cc1nc(-c2ccc(-c3ccc[nH]3)cc2)n(C)c1CCOc1ccc2c(c1)CC[C@H]2CC(=O)O. The van der Waals surface area contributed by atoms with Crippen LogP contribution in [0.1, 0.15) is 41.3 Å². The Morgan fingerprint density at radius 3 is 2.71 bits per heavy atom. The first-order chi connectivity index (χ1) is 16.5. The van der Waals surface area contributed by atoms with Gasteiger partial charge in [0.1, 0.15) is 11.6 Å². The fourth-order valence-corrected chi connectivity index (χ4v) is 5.04. The van der Waals surface area contributed by atoms with Crippen LogP contribution in [-0.4, -0.2) is 32.2 Å². The number of imidazole rings is 1. The standard InChI is InChI=1S/C28H29N3O3/c1-18-26(13-15-34-23-11-12-24-21(16-23)9-10-22(24)17-27(32)33)31(2)28(30-18)20-7-5-19(6-8-20)25-4-3-14-29-25/h3-8,11-12,14,16,22,29H,9-10,13,15,17H2,1-2H3,(H,32,33)/t22-/m0/s1. The van der Waals surface area contributed by atoms with Crippen molar-refractivity contribution in [3.05, 3.63) is 83.3 Å². The summed E-state index contributed by atoms with van der Waals surface area (Å²) in [6.45, 7) is 2.60. The van der Waals surface area contributed by atoms with Crippen LogP contribution in [0.5, 0.6) is 5.75 Å². The van der Waals surface area contributed by atoms with E-state index in [9.17, 15) is 4.79 Å². The van der Waals surface area contributed by atoms with Gasteiger partial charge in [0.15, 0.2) is 0 Å². The lowest BCUT2D eigenvalue weighted by atomic mass is 9.98. The van der Waals surface area contributed by atoms with Crippen LogP contribution in [0.4, 0.5) is 0 Å². The van der Waals surface area contributed by atoms with Crippen LogP contribution < -0.4 is 4.74 Å². The molecule has 1 aliphatic carbocycles. The lowest BCUT2D eigenvalue weighted by molar-refractivity contribution is -0.137. The highest BCUT2D eigenvalue weighted by atomic mass is 16.5. The van der Waals surface area contributed by atoms with Gasteiger partial charge in [-0.05, 0) is 66.6 Å². The van der Waals surface area contributed by atoms with Crippen molar-refractivity contribution in [3.8, 4) is 28.4 Å². The molecule has 0 spiro atoms. The Labute approximate surface area is 199 Å². The Morgan fingerprint density at radius 2 is 1.97 bits per heavy atom. The summed E-state index contributed by atoms with van der Waals surface area (Å²) in [6, 6.07) is 18.6. The molecule has 0 unspecified atom stereocenters. The van der Waals surface area contributed by atoms with Gasteiger partial charge in [0.2, 0.25) is 0 Å². The predicted octanol–water partition coefficient (Wildman–Crippen LogP) is 5.52. The third kappa shape index (κ3) is 4.36. The molecule has 0 saturated carbocycles. The topological polar surface area (TPSA) is 80.1 Å². The maximum atomic E-state index is 11.1. The predicted molar refractivity (Wildman–Crippen MR) is 132 cm³/mol. The average molecular weight is 456 g/mol. The summed E-state index contributed by atoms with van der Waals surface area (Å²) in [4.78, 5) is 19.2. The molecule has 0 saturated heterocycles. The van der Waals surface area contributed by atoms with E-state index in [-0.39, 0.29) is 12.3 Å². The minimum absolute atomic E-state index is 0.119.